The van der Waals surface area contributed by atoms with Crippen molar-refractivity contribution in [2.45, 2.75) is 6.92 Å². The molecule has 1 N–H and O–H groups in total. The van der Waals surface area contributed by atoms with Crippen molar-refractivity contribution in [3.63, 3.8) is 0 Å². The first-order chi connectivity index (χ1) is 9.24. The van der Waals surface area contributed by atoms with Crippen LogP contribution in [-0.4, -0.2) is 10.1 Å². The van der Waals surface area contributed by atoms with Crippen LogP contribution in [0.2, 0.25) is 0 Å². The van der Waals surface area contributed by atoms with Crippen molar-refractivity contribution >= 4 is 32.2 Å². The van der Waals surface area contributed by atoms with Crippen LogP contribution in [0.4, 0.5) is 10.7 Å². The van der Waals surface area contributed by atoms with Gasteiger partial charge in [-0.1, -0.05) is 29.0 Å². The van der Waals surface area contributed by atoms with E-state index in [0.717, 1.165) is 10.5 Å². The molecule has 4 nitrogen and oxygen atoms in total. The van der Waals surface area contributed by atoms with Gasteiger partial charge in [0, 0.05) is 6.20 Å². The summed E-state index contributed by atoms with van der Waals surface area (Å²) in [6, 6.07) is 11.3. The fraction of sp³-hybridized carbons (Fsp3) is 0.0714. The molecule has 0 unspecified atom stereocenters. The molecule has 0 bridgehead atoms. The lowest BCUT2D eigenvalue weighted by molar-refractivity contribution is 0.484. The fourth-order valence-corrected chi connectivity index (χ4v) is 2.55. The maximum atomic E-state index is 10.0. The number of hydrogen-bond acceptors (Lipinski definition) is 5. The van der Waals surface area contributed by atoms with Gasteiger partial charge in [-0.25, -0.2) is 4.98 Å². The molecule has 94 valence electrons. The van der Waals surface area contributed by atoms with Gasteiger partial charge < -0.3 is 5.11 Å². The number of azo groups is 1. The van der Waals surface area contributed by atoms with Gasteiger partial charge in [0.15, 0.2) is 10.8 Å². The van der Waals surface area contributed by atoms with Gasteiger partial charge >= 0.3 is 0 Å². The van der Waals surface area contributed by atoms with E-state index in [1.54, 1.807) is 12.3 Å². The Hall–Kier alpha value is -2.27. The molecule has 2 aromatic heterocycles. The number of nitrogens with zero attached hydrogens (tertiary/aromatic N) is 3. The number of aromatic hydroxyl groups is 1. The van der Waals surface area contributed by atoms with Crippen LogP contribution in [0.15, 0.2) is 52.8 Å². The number of aromatic nitrogens is 1. The molecule has 0 spiro atoms. The average molecular weight is 269 g/mol. The normalized spacial score (nSPS) is 11.4. The van der Waals surface area contributed by atoms with Crippen LogP contribution < -0.4 is 0 Å². The molecule has 5 heteroatoms. The van der Waals surface area contributed by atoms with Gasteiger partial charge in [0.2, 0.25) is 0 Å². The number of benzene rings is 1. The Morgan fingerprint density at radius 3 is 2.63 bits per heavy atom. The van der Waals surface area contributed by atoms with Gasteiger partial charge in [0.25, 0.3) is 0 Å². The first-order valence-corrected chi connectivity index (χ1v) is 6.60. The Kier molecular flexibility index (Phi) is 2.97. The van der Waals surface area contributed by atoms with Crippen LogP contribution in [-0.2, 0) is 0 Å². The molecule has 0 atom stereocenters. The number of hydrogen-bond donors (Lipinski definition) is 1. The summed E-state index contributed by atoms with van der Waals surface area (Å²) in [5.41, 5.74) is 1.93. The predicted octanol–water partition coefficient (Wildman–Crippen LogP) is 4.73. The zero-order valence-corrected chi connectivity index (χ0v) is 11.1. The van der Waals surface area contributed by atoms with Crippen molar-refractivity contribution in [2.24, 2.45) is 10.2 Å². The molecule has 2 heterocycles. The molecular formula is C14H11N3OS. The zero-order valence-electron chi connectivity index (χ0n) is 10.2. The summed E-state index contributed by atoms with van der Waals surface area (Å²) in [4.78, 5) is 4.95. The third-order valence-corrected chi connectivity index (χ3v) is 3.70. The summed E-state index contributed by atoms with van der Waals surface area (Å²) in [6.07, 6.45) is 1.69. The highest BCUT2D eigenvalue weighted by molar-refractivity contribution is 7.22. The van der Waals surface area contributed by atoms with E-state index in [4.69, 9.17) is 0 Å². The second-order valence-electron chi connectivity index (χ2n) is 4.15. The van der Waals surface area contributed by atoms with E-state index in [2.05, 4.69) is 15.2 Å². The smallest absolute Gasteiger partial charge is 0.183 e. The molecule has 3 aromatic rings. The molecule has 0 aliphatic heterocycles. The molecule has 0 fully saturated rings. The van der Waals surface area contributed by atoms with Crippen LogP contribution in [0.3, 0.4) is 0 Å². The molecule has 0 aliphatic rings. The molecule has 0 saturated heterocycles. The summed E-state index contributed by atoms with van der Waals surface area (Å²) in [5, 5.41) is 19.4. The van der Waals surface area contributed by atoms with Crippen LogP contribution in [0.5, 0.6) is 5.75 Å². The van der Waals surface area contributed by atoms with Gasteiger partial charge in [-0.05, 0) is 31.2 Å². The number of fused-ring (bicyclic) bond motifs is 1. The quantitative estimate of drug-likeness (QED) is 0.684. The third-order valence-electron chi connectivity index (χ3n) is 2.71. The Morgan fingerprint density at radius 1 is 1.11 bits per heavy atom. The molecule has 0 aliphatic carbocycles. The van der Waals surface area contributed by atoms with Crippen molar-refractivity contribution in [2.75, 3.05) is 0 Å². The van der Waals surface area contributed by atoms with E-state index in [-0.39, 0.29) is 5.75 Å². The maximum Gasteiger partial charge on any atom is 0.183 e. The lowest BCUT2D eigenvalue weighted by atomic mass is 10.2. The van der Waals surface area contributed by atoms with Crippen LogP contribution in [0.25, 0.3) is 10.2 Å². The highest BCUT2D eigenvalue weighted by Crippen LogP contribution is 2.42. The molecule has 19 heavy (non-hydrogen) atoms. The molecule has 3 rings (SSSR count). The van der Waals surface area contributed by atoms with E-state index < -0.39 is 0 Å². The van der Waals surface area contributed by atoms with E-state index in [9.17, 15) is 5.11 Å². The maximum absolute atomic E-state index is 10.0. The van der Waals surface area contributed by atoms with Crippen LogP contribution >= 0.6 is 11.3 Å². The summed E-state index contributed by atoms with van der Waals surface area (Å²) < 4.78 is 0. The minimum atomic E-state index is 0.143. The molecular weight excluding hydrogens is 258 g/mol. The fourth-order valence-electron chi connectivity index (χ4n) is 1.69. The Bertz CT molecular complexity index is 747. The Balaban J connectivity index is 1.97. The lowest BCUT2D eigenvalue weighted by Crippen LogP contribution is -1.68. The van der Waals surface area contributed by atoms with E-state index in [1.807, 2.05) is 37.3 Å². The van der Waals surface area contributed by atoms with Gasteiger partial charge in [0.05, 0.1) is 11.1 Å². The van der Waals surface area contributed by atoms with Crippen LogP contribution in [0, 0.1) is 6.92 Å². The lowest BCUT2D eigenvalue weighted by Gasteiger charge is -1.93. The Labute approximate surface area is 114 Å². The van der Waals surface area contributed by atoms with Crippen molar-refractivity contribution in [1.29, 1.82) is 0 Å². The minimum Gasteiger partial charge on any atom is -0.504 e. The van der Waals surface area contributed by atoms with Gasteiger partial charge in [-0.2, -0.15) is 0 Å². The predicted molar refractivity (Wildman–Crippen MR) is 76.6 cm³/mol. The molecule has 1 aromatic carbocycles. The standard InChI is InChI=1S/C14H11N3OS/c1-9-4-6-10(7-5-9)16-17-14-12(18)11-3-2-8-15-13(11)19-14/h2-8,18H,1H3. The van der Waals surface area contributed by atoms with Gasteiger partial charge in [-0.15, -0.1) is 10.2 Å². The molecule has 0 saturated carbocycles. The van der Waals surface area contributed by atoms with Crippen molar-refractivity contribution < 1.29 is 5.11 Å². The minimum absolute atomic E-state index is 0.143. The van der Waals surface area contributed by atoms with Crippen molar-refractivity contribution in [3.05, 3.63) is 48.2 Å². The zero-order chi connectivity index (χ0) is 13.2. The highest BCUT2D eigenvalue weighted by Gasteiger charge is 2.10. The summed E-state index contributed by atoms with van der Waals surface area (Å²) in [6.45, 7) is 2.02. The second-order valence-corrected chi connectivity index (χ2v) is 5.13. The summed E-state index contributed by atoms with van der Waals surface area (Å²) in [5.74, 6) is 0.143. The van der Waals surface area contributed by atoms with Gasteiger partial charge in [-0.3, -0.25) is 0 Å². The number of aryl methyl sites for hydroxylation is 1. The van der Waals surface area contributed by atoms with E-state index in [1.165, 1.54) is 16.9 Å². The number of pyridine rings is 1. The molecule has 0 radical (unpaired) electrons. The summed E-state index contributed by atoms with van der Waals surface area (Å²) >= 11 is 1.32. The van der Waals surface area contributed by atoms with Crippen LogP contribution in [0.1, 0.15) is 5.56 Å². The SMILES string of the molecule is Cc1ccc(N=Nc2sc3ncccc3c2O)cc1. The number of thiophene rings is 1. The monoisotopic (exact) mass is 269 g/mol. The average Bonchev–Trinajstić information content (AvgIpc) is 2.76. The number of rotatable bonds is 2. The molecule has 0 amide bonds. The van der Waals surface area contributed by atoms with Crippen molar-refractivity contribution in [1.82, 2.24) is 4.98 Å². The van der Waals surface area contributed by atoms with E-state index >= 15 is 0 Å². The Morgan fingerprint density at radius 2 is 1.89 bits per heavy atom. The van der Waals surface area contributed by atoms with Crippen molar-refractivity contribution in [3.8, 4) is 5.75 Å². The highest BCUT2D eigenvalue weighted by atomic mass is 32.1. The van der Waals surface area contributed by atoms with E-state index in [0.29, 0.717) is 10.4 Å². The largest absolute Gasteiger partial charge is 0.504 e. The van der Waals surface area contributed by atoms with Gasteiger partial charge in [0.1, 0.15) is 4.83 Å². The topological polar surface area (TPSA) is 57.8 Å². The first-order valence-electron chi connectivity index (χ1n) is 5.79. The third kappa shape index (κ3) is 2.32. The summed E-state index contributed by atoms with van der Waals surface area (Å²) in [7, 11) is 0. The second kappa shape index (κ2) is 4.78. The first kappa shape index (κ1) is 11.8.